The highest BCUT2D eigenvalue weighted by molar-refractivity contribution is 6.07. The molecular formula is C18H24N3O3+. The lowest BCUT2D eigenvalue weighted by Crippen LogP contribution is -3.15. The van der Waals surface area contributed by atoms with Crippen LogP contribution in [0.3, 0.4) is 0 Å². The average Bonchev–Trinajstić information content (AvgIpc) is 3.14. The molecule has 4 rings (SSSR count). The van der Waals surface area contributed by atoms with Crippen molar-refractivity contribution in [1.82, 2.24) is 10.2 Å². The molecule has 2 heterocycles. The number of nitrogens with zero attached hydrogens (tertiary/aromatic N) is 1. The van der Waals surface area contributed by atoms with Gasteiger partial charge in [0.05, 0.1) is 13.2 Å². The molecule has 1 aromatic carbocycles. The number of fused-ring (bicyclic) bond motifs is 1. The quantitative estimate of drug-likeness (QED) is 0.756. The van der Waals surface area contributed by atoms with Crippen LogP contribution >= 0.6 is 0 Å². The molecule has 1 aliphatic carbocycles. The van der Waals surface area contributed by atoms with E-state index in [-0.39, 0.29) is 11.9 Å². The van der Waals surface area contributed by atoms with Crippen molar-refractivity contribution in [2.75, 3.05) is 33.0 Å². The van der Waals surface area contributed by atoms with E-state index in [1.807, 2.05) is 13.0 Å². The summed E-state index contributed by atoms with van der Waals surface area (Å²) in [6.07, 6.45) is 3.34. The average molecular weight is 330 g/mol. The molecular weight excluding hydrogens is 306 g/mol. The number of imide groups is 1. The molecule has 0 radical (unpaired) electrons. The zero-order valence-corrected chi connectivity index (χ0v) is 14.1. The van der Waals surface area contributed by atoms with Crippen molar-refractivity contribution >= 4 is 11.9 Å². The maximum atomic E-state index is 13.0. The van der Waals surface area contributed by atoms with Crippen molar-refractivity contribution < 1.29 is 19.2 Å². The lowest BCUT2D eigenvalue weighted by atomic mass is 9.90. The van der Waals surface area contributed by atoms with Crippen LogP contribution in [0.4, 0.5) is 4.79 Å². The smallest absolute Gasteiger partial charge is 0.329 e. The summed E-state index contributed by atoms with van der Waals surface area (Å²) in [5.41, 5.74) is 2.61. The molecule has 2 N–H and O–H groups in total. The molecule has 2 fully saturated rings. The molecule has 128 valence electrons. The number of nitrogens with one attached hydrogen (secondary N) is 2. The van der Waals surface area contributed by atoms with Gasteiger partial charge < -0.3 is 15.0 Å². The normalized spacial score (nSPS) is 27.5. The van der Waals surface area contributed by atoms with Gasteiger partial charge in [-0.3, -0.25) is 4.79 Å². The minimum absolute atomic E-state index is 0.149. The molecule has 6 nitrogen and oxygen atoms in total. The van der Waals surface area contributed by atoms with Gasteiger partial charge in [0, 0.05) is 0 Å². The second-order valence-corrected chi connectivity index (χ2v) is 7.15. The molecule has 0 bridgehead atoms. The predicted molar refractivity (Wildman–Crippen MR) is 87.6 cm³/mol. The van der Waals surface area contributed by atoms with Gasteiger partial charge in [-0.2, -0.15) is 0 Å². The van der Waals surface area contributed by atoms with Crippen LogP contribution in [-0.2, 0) is 27.9 Å². The number of benzene rings is 1. The van der Waals surface area contributed by atoms with Crippen molar-refractivity contribution in [1.29, 1.82) is 0 Å². The fourth-order valence-corrected chi connectivity index (χ4v) is 3.96. The minimum Gasteiger partial charge on any atom is -0.370 e. The van der Waals surface area contributed by atoms with Gasteiger partial charge in [0.25, 0.3) is 5.91 Å². The number of urea groups is 1. The fourth-order valence-electron chi connectivity index (χ4n) is 3.96. The number of carbonyl (C=O) groups excluding carboxylic acids is 2. The van der Waals surface area contributed by atoms with Crippen LogP contribution in [0, 0.1) is 0 Å². The Hall–Kier alpha value is -1.92. The molecule has 2 saturated heterocycles. The molecule has 1 aromatic rings. The third kappa shape index (κ3) is 2.50. The standard InChI is InChI=1S/C18H23N3O3/c1-18(15-6-5-13-3-2-4-14(13)11-15)16(22)21(17(23)19-18)12-20-7-9-24-10-8-20/h5-6,11H,2-4,7-10,12H2,1H3,(H,19,23)/p+1/t18-/m0/s1. The summed E-state index contributed by atoms with van der Waals surface area (Å²) < 4.78 is 5.35. The lowest BCUT2D eigenvalue weighted by molar-refractivity contribution is -0.915. The summed E-state index contributed by atoms with van der Waals surface area (Å²) >= 11 is 0. The van der Waals surface area contributed by atoms with Crippen molar-refractivity contribution in [2.45, 2.75) is 31.7 Å². The summed E-state index contributed by atoms with van der Waals surface area (Å²) in [5.74, 6) is -0.149. The Morgan fingerprint density at radius 3 is 2.75 bits per heavy atom. The van der Waals surface area contributed by atoms with Gasteiger partial charge >= 0.3 is 6.03 Å². The second-order valence-electron chi connectivity index (χ2n) is 7.15. The summed E-state index contributed by atoms with van der Waals surface area (Å²) in [5, 5.41) is 2.92. The first-order chi connectivity index (χ1) is 11.6. The van der Waals surface area contributed by atoms with Crippen LogP contribution in [0.1, 0.15) is 30.0 Å². The van der Waals surface area contributed by atoms with E-state index >= 15 is 0 Å². The summed E-state index contributed by atoms with van der Waals surface area (Å²) in [6, 6.07) is 5.92. The largest absolute Gasteiger partial charge is 0.370 e. The first-order valence-electron chi connectivity index (χ1n) is 8.75. The van der Waals surface area contributed by atoms with Crippen LogP contribution < -0.4 is 10.2 Å². The third-order valence-corrected chi connectivity index (χ3v) is 5.53. The highest BCUT2D eigenvalue weighted by atomic mass is 16.5. The van der Waals surface area contributed by atoms with Crippen molar-refractivity contribution in [2.24, 2.45) is 0 Å². The molecule has 0 spiro atoms. The molecule has 6 heteroatoms. The van der Waals surface area contributed by atoms with Gasteiger partial charge in [-0.25, -0.2) is 9.69 Å². The highest BCUT2D eigenvalue weighted by Gasteiger charge is 2.50. The van der Waals surface area contributed by atoms with Gasteiger partial charge in [0.15, 0.2) is 6.67 Å². The Morgan fingerprint density at radius 2 is 1.96 bits per heavy atom. The predicted octanol–water partition coefficient (Wildman–Crippen LogP) is -0.185. The summed E-state index contributed by atoms with van der Waals surface area (Å²) in [7, 11) is 0. The highest BCUT2D eigenvalue weighted by Crippen LogP contribution is 2.32. The number of rotatable bonds is 3. The van der Waals surface area contributed by atoms with Crippen LogP contribution in [0.25, 0.3) is 0 Å². The van der Waals surface area contributed by atoms with E-state index in [9.17, 15) is 9.59 Å². The van der Waals surface area contributed by atoms with E-state index in [0.717, 1.165) is 31.5 Å². The van der Waals surface area contributed by atoms with Gasteiger partial charge in [-0.05, 0) is 42.9 Å². The number of aryl methyl sites for hydroxylation is 2. The number of ether oxygens (including phenoxy) is 1. The van der Waals surface area contributed by atoms with E-state index in [1.165, 1.54) is 27.3 Å². The Bertz CT molecular complexity index is 684. The molecule has 2 aliphatic heterocycles. The molecule has 1 atom stereocenters. The fraction of sp³-hybridized carbons (Fsp3) is 0.556. The van der Waals surface area contributed by atoms with E-state index in [0.29, 0.717) is 19.9 Å². The SMILES string of the molecule is C[C@@]1(c2ccc3c(c2)CCC3)NC(=O)N(C[NH+]2CCOCC2)C1=O. The number of morpholine rings is 1. The van der Waals surface area contributed by atoms with Crippen LogP contribution in [0.2, 0.25) is 0 Å². The van der Waals surface area contributed by atoms with Gasteiger partial charge in [0.2, 0.25) is 0 Å². The van der Waals surface area contributed by atoms with E-state index in [4.69, 9.17) is 4.74 Å². The van der Waals surface area contributed by atoms with Crippen molar-refractivity contribution in [3.05, 3.63) is 34.9 Å². The van der Waals surface area contributed by atoms with Gasteiger partial charge in [0.1, 0.15) is 18.6 Å². The van der Waals surface area contributed by atoms with Crippen molar-refractivity contribution in [3.63, 3.8) is 0 Å². The maximum Gasteiger partial charge on any atom is 0.329 e. The van der Waals surface area contributed by atoms with Crippen molar-refractivity contribution in [3.8, 4) is 0 Å². The Morgan fingerprint density at radius 1 is 1.21 bits per heavy atom. The van der Waals surface area contributed by atoms with E-state index in [2.05, 4.69) is 17.4 Å². The Labute approximate surface area is 141 Å². The van der Waals surface area contributed by atoms with Gasteiger partial charge in [-0.15, -0.1) is 0 Å². The minimum atomic E-state index is -0.958. The van der Waals surface area contributed by atoms with Crippen LogP contribution in [-0.4, -0.2) is 49.8 Å². The van der Waals surface area contributed by atoms with E-state index < -0.39 is 5.54 Å². The van der Waals surface area contributed by atoms with E-state index in [1.54, 1.807) is 0 Å². The number of amides is 3. The summed E-state index contributed by atoms with van der Waals surface area (Å²) in [4.78, 5) is 28.0. The number of hydrogen-bond donors (Lipinski definition) is 2. The molecule has 3 amide bonds. The second kappa shape index (κ2) is 5.86. The maximum absolute atomic E-state index is 13.0. The van der Waals surface area contributed by atoms with Crippen LogP contribution in [0.5, 0.6) is 0 Å². The first kappa shape index (κ1) is 15.6. The molecule has 0 saturated carbocycles. The monoisotopic (exact) mass is 330 g/mol. The zero-order valence-electron chi connectivity index (χ0n) is 14.1. The molecule has 3 aliphatic rings. The summed E-state index contributed by atoms with van der Waals surface area (Å²) in [6.45, 7) is 5.24. The zero-order chi connectivity index (χ0) is 16.7. The molecule has 0 unspecified atom stereocenters. The Kier molecular flexibility index (Phi) is 3.81. The Balaban J connectivity index is 1.57. The topological polar surface area (TPSA) is 63.1 Å². The lowest BCUT2D eigenvalue weighted by Gasteiger charge is -2.27. The van der Waals surface area contributed by atoms with Gasteiger partial charge in [-0.1, -0.05) is 18.2 Å². The van der Waals surface area contributed by atoms with Crippen LogP contribution in [0.15, 0.2) is 18.2 Å². The molecule has 24 heavy (non-hydrogen) atoms. The number of carbonyl (C=O) groups is 2. The number of hydrogen-bond acceptors (Lipinski definition) is 3. The third-order valence-electron chi connectivity index (χ3n) is 5.53. The molecule has 0 aromatic heterocycles. The first-order valence-corrected chi connectivity index (χ1v) is 8.75. The number of quaternary nitrogens is 1.